The van der Waals surface area contributed by atoms with Crippen LogP contribution in [0.4, 0.5) is 25.0 Å². The lowest BCUT2D eigenvalue weighted by Crippen LogP contribution is -2.49. The first-order valence-electron chi connectivity index (χ1n) is 15.6. The lowest BCUT2D eigenvalue weighted by Gasteiger charge is -2.42. The minimum absolute atomic E-state index is 0.0315. The van der Waals surface area contributed by atoms with Gasteiger partial charge in [0.2, 0.25) is 5.43 Å². The number of fused-ring (bicyclic) bond motifs is 1. The van der Waals surface area contributed by atoms with Crippen LogP contribution < -0.4 is 25.3 Å². The average Bonchev–Trinajstić information content (AvgIpc) is 3.80. The second-order valence-electron chi connectivity index (χ2n) is 12.5. The Morgan fingerprint density at radius 1 is 1.14 bits per heavy atom. The van der Waals surface area contributed by atoms with Crippen molar-refractivity contribution in [1.82, 2.24) is 9.88 Å². The number of carbonyl (C=O) groups excluding carboxylic acids is 1. The number of hydrogen-bond donors (Lipinski definition) is 5. The number of carbonyl (C=O) groups is 2. The van der Waals surface area contributed by atoms with Crippen molar-refractivity contribution in [2.24, 2.45) is 0 Å². The molecule has 18 heteroatoms. The van der Waals surface area contributed by atoms with Crippen LogP contribution >= 0.6 is 7.82 Å². The Balaban J connectivity index is 1.18. The molecule has 5 N–H and O–H groups in total. The first kappa shape index (κ1) is 34.7. The molecule has 3 aliphatic rings. The number of carboxylic acids is 1. The molecule has 0 spiro atoms. The van der Waals surface area contributed by atoms with Gasteiger partial charge in [0.05, 0.1) is 23.4 Å². The summed E-state index contributed by atoms with van der Waals surface area (Å²) in [6, 6.07) is 6.20. The van der Waals surface area contributed by atoms with E-state index in [4.69, 9.17) is 14.0 Å². The largest absolute Gasteiger partial charge is 0.487 e. The van der Waals surface area contributed by atoms with Gasteiger partial charge in [-0.15, -0.1) is 0 Å². The maximum absolute atomic E-state index is 15.5. The molecule has 2 aliphatic heterocycles. The lowest BCUT2D eigenvalue weighted by molar-refractivity contribution is -0.0232. The van der Waals surface area contributed by atoms with Crippen molar-refractivity contribution >= 4 is 42.2 Å². The number of ether oxygens (including phenoxy) is 2. The minimum Gasteiger partial charge on any atom is -0.487 e. The third-order valence-electron chi connectivity index (χ3n) is 8.83. The van der Waals surface area contributed by atoms with E-state index in [1.54, 1.807) is 9.47 Å². The van der Waals surface area contributed by atoms with Gasteiger partial charge in [-0.1, -0.05) is 0 Å². The highest BCUT2D eigenvalue weighted by molar-refractivity contribution is 7.46. The Hall–Kier alpha value is -4.12. The fourth-order valence-electron chi connectivity index (χ4n) is 6.20. The second kappa shape index (κ2) is 13.3. The fourth-order valence-corrected chi connectivity index (χ4v) is 6.94. The topological polar surface area (TPSA) is 200 Å². The van der Waals surface area contributed by atoms with E-state index in [0.717, 1.165) is 25.0 Å². The van der Waals surface area contributed by atoms with Crippen molar-refractivity contribution in [3.05, 3.63) is 63.9 Å². The molecule has 2 aromatic carbocycles. The van der Waals surface area contributed by atoms with Gasteiger partial charge in [0.15, 0.2) is 11.6 Å². The zero-order valence-corrected chi connectivity index (χ0v) is 27.1. The molecular weight excluding hydrogens is 673 g/mol. The number of cyclic esters (lactones) is 1. The van der Waals surface area contributed by atoms with Gasteiger partial charge in [-0.05, 0) is 56.9 Å². The first-order chi connectivity index (χ1) is 23.1. The molecule has 2 atom stereocenters. The van der Waals surface area contributed by atoms with Crippen molar-refractivity contribution in [2.45, 2.75) is 56.6 Å². The number of phosphoric ester groups is 1. The van der Waals surface area contributed by atoms with Crippen LogP contribution in [0.1, 0.15) is 49.0 Å². The maximum Gasteiger partial charge on any atom is 0.470 e. The number of nitrogens with zero attached hydrogens (tertiary/aromatic N) is 3. The summed E-state index contributed by atoms with van der Waals surface area (Å²) < 4.78 is 60.5. The number of aliphatic hydroxyl groups is 1. The Kier molecular flexibility index (Phi) is 9.43. The normalized spacial score (nSPS) is 20.0. The number of anilines is 2. The van der Waals surface area contributed by atoms with Crippen molar-refractivity contribution in [2.75, 3.05) is 42.6 Å². The summed E-state index contributed by atoms with van der Waals surface area (Å²) in [5, 5.41) is 21.6. The Bertz CT molecular complexity index is 1890. The number of rotatable bonds is 12. The molecule has 15 nitrogen and oxygen atoms in total. The highest BCUT2D eigenvalue weighted by Crippen LogP contribution is 2.46. The monoisotopic (exact) mass is 708 g/mol. The highest BCUT2D eigenvalue weighted by atomic mass is 31.2. The van der Waals surface area contributed by atoms with Gasteiger partial charge in [0.25, 0.3) is 0 Å². The van der Waals surface area contributed by atoms with Gasteiger partial charge in [-0.25, -0.2) is 22.9 Å². The molecule has 2 unspecified atom stereocenters. The summed E-state index contributed by atoms with van der Waals surface area (Å²) >= 11 is 0. The van der Waals surface area contributed by atoms with E-state index in [-0.39, 0.29) is 67.6 Å². The second-order valence-corrected chi connectivity index (χ2v) is 13.7. The van der Waals surface area contributed by atoms with Crippen LogP contribution in [0.5, 0.6) is 5.75 Å². The van der Waals surface area contributed by atoms with Crippen LogP contribution in [-0.2, 0) is 13.8 Å². The molecule has 1 aromatic heterocycles. The third-order valence-corrected chi connectivity index (χ3v) is 9.46. The summed E-state index contributed by atoms with van der Waals surface area (Å²) in [5.74, 6) is -3.30. The molecule has 3 fully saturated rings. The molecular formula is C31H35F2N4O11P. The molecule has 1 aliphatic carbocycles. The summed E-state index contributed by atoms with van der Waals surface area (Å²) in [5.41, 5.74) is -2.18. The smallest absolute Gasteiger partial charge is 0.470 e. The number of phosphoric acid groups is 1. The molecule has 264 valence electrons. The summed E-state index contributed by atoms with van der Waals surface area (Å²) in [7, 11) is -5.07. The fraction of sp³-hybridized carbons (Fsp3) is 0.452. The average molecular weight is 709 g/mol. The minimum atomic E-state index is -5.07. The number of halogens is 2. The van der Waals surface area contributed by atoms with Crippen molar-refractivity contribution in [1.29, 1.82) is 0 Å². The summed E-state index contributed by atoms with van der Waals surface area (Å²) in [6.45, 7) is 1.41. The van der Waals surface area contributed by atoms with Gasteiger partial charge in [0, 0.05) is 43.3 Å². The van der Waals surface area contributed by atoms with Gasteiger partial charge < -0.3 is 38.9 Å². The molecule has 3 aromatic rings. The van der Waals surface area contributed by atoms with Gasteiger partial charge in [0.1, 0.15) is 35.9 Å². The molecule has 0 radical (unpaired) electrons. The number of pyridine rings is 1. The van der Waals surface area contributed by atoms with Crippen LogP contribution in [0.15, 0.2) is 41.3 Å². The maximum atomic E-state index is 15.5. The number of aliphatic hydroxyl groups excluding tert-OH is 1. The van der Waals surface area contributed by atoms with E-state index in [0.29, 0.717) is 5.52 Å². The number of amides is 1. The van der Waals surface area contributed by atoms with Crippen LogP contribution in [-0.4, -0.2) is 87.3 Å². The molecule has 3 heterocycles. The number of aromatic nitrogens is 1. The van der Waals surface area contributed by atoms with E-state index in [2.05, 4.69) is 5.32 Å². The van der Waals surface area contributed by atoms with Crippen molar-refractivity contribution in [3.63, 3.8) is 0 Å². The Morgan fingerprint density at radius 2 is 1.86 bits per heavy atom. The van der Waals surface area contributed by atoms with E-state index >= 15 is 8.78 Å². The highest BCUT2D eigenvalue weighted by Gasteiger charge is 2.43. The zero-order chi connectivity index (χ0) is 35.2. The van der Waals surface area contributed by atoms with E-state index in [1.165, 1.54) is 36.2 Å². The Morgan fingerprint density at radius 3 is 2.47 bits per heavy atom. The first-order valence-corrected chi connectivity index (χ1v) is 17.1. The van der Waals surface area contributed by atoms with Gasteiger partial charge in [-0.2, -0.15) is 0 Å². The van der Waals surface area contributed by atoms with Gasteiger partial charge >= 0.3 is 19.9 Å². The van der Waals surface area contributed by atoms with E-state index < -0.39 is 67.1 Å². The third kappa shape index (κ3) is 7.56. The van der Waals surface area contributed by atoms with E-state index in [9.17, 15) is 38.9 Å². The summed E-state index contributed by atoms with van der Waals surface area (Å²) in [4.78, 5) is 59.2. The number of piperidine rings is 1. The standard InChI is InChI=1S/C31H35F2N4O11P/c1-17(38)34-13-20-14-37(30(42)47-20)19-4-5-27(24(33)10-19)46-16-31(48-49(43,44)45)6-8-35(9-7-31)26-12-25-21(11-23(26)32)28(39)22(29(40)41)15-36(25)18-2-3-18/h4-5,10-12,15,17-18,20,34,38H,2-3,6-9,13-14,16H2,1H3,(H,40,41)(H2,43,44,45). The Labute approximate surface area is 277 Å². The number of carboxylic acid groups (broad SMARTS) is 1. The molecule has 0 bridgehead atoms. The predicted molar refractivity (Wildman–Crippen MR) is 170 cm³/mol. The van der Waals surface area contributed by atoms with Crippen LogP contribution in [0.2, 0.25) is 0 Å². The van der Waals surface area contributed by atoms with Crippen molar-refractivity contribution in [3.8, 4) is 5.75 Å². The van der Waals surface area contributed by atoms with E-state index in [1.807, 2.05) is 0 Å². The number of aromatic carboxylic acids is 1. The van der Waals surface area contributed by atoms with Crippen LogP contribution in [0, 0.1) is 11.6 Å². The molecule has 1 saturated carbocycles. The number of nitrogens with one attached hydrogen (secondary N) is 1. The quantitative estimate of drug-likeness (QED) is 0.136. The molecule has 1 amide bonds. The number of benzene rings is 2. The lowest BCUT2D eigenvalue weighted by atomic mass is 9.92. The number of hydrogen-bond acceptors (Lipinski definition) is 10. The molecule has 6 rings (SSSR count). The van der Waals surface area contributed by atoms with Crippen LogP contribution in [0.3, 0.4) is 0 Å². The van der Waals surface area contributed by atoms with Crippen LogP contribution in [0.25, 0.3) is 10.9 Å². The SMILES string of the molecule is CC(O)NCC1CN(c2ccc(OCC3(OP(=O)(O)O)CCN(c4cc5c(cc4F)c(=O)c(C(=O)O)cn5C4CC4)CC3)c(F)c2)C(=O)O1. The molecule has 49 heavy (non-hydrogen) atoms. The van der Waals surface area contributed by atoms with Gasteiger partial charge in [-0.3, -0.25) is 19.5 Å². The van der Waals surface area contributed by atoms with Crippen molar-refractivity contribution < 1.29 is 56.9 Å². The molecule has 2 saturated heterocycles. The zero-order valence-electron chi connectivity index (χ0n) is 26.3. The summed E-state index contributed by atoms with van der Waals surface area (Å²) in [6.07, 6.45) is 0.598. The predicted octanol–water partition coefficient (Wildman–Crippen LogP) is 3.09.